The number of methoxy groups -OCH3 is 1. The Bertz CT molecular complexity index is 659. The number of aliphatic hydroxyl groups excluding tert-OH is 5. The molecule has 28 heavy (non-hydrogen) atoms. The standard InChI is InChI=1S/C17H24O11/c1-25-14(23)8-6-26-15(10-7(4-18)2-3-17(8,10)24)28-16-13(22)12(21)11(20)9(5-19)27-16/h2,6,9-13,15-16,18-22,24H,3-5H2,1H3/t9-,10+,11+,12+,13-,15+,16+,17+/m1/s1. The number of esters is 1. The van der Waals surface area contributed by atoms with Gasteiger partial charge in [0.2, 0.25) is 6.29 Å². The number of ether oxygens (including phenoxy) is 4. The summed E-state index contributed by atoms with van der Waals surface area (Å²) < 4.78 is 20.9. The molecule has 3 aliphatic rings. The molecule has 3 rings (SSSR count). The highest BCUT2D eigenvalue weighted by Crippen LogP contribution is 2.47. The molecule has 11 nitrogen and oxygen atoms in total. The van der Waals surface area contributed by atoms with Crippen LogP contribution in [-0.4, -0.2) is 99.5 Å². The van der Waals surface area contributed by atoms with Gasteiger partial charge in [-0.2, -0.15) is 0 Å². The molecule has 1 fully saturated rings. The van der Waals surface area contributed by atoms with E-state index < -0.39 is 67.7 Å². The molecule has 1 saturated heterocycles. The SMILES string of the molecule is COC(=O)C1=CO[C@@H](O[C@@H]2O[C@H](CO)[C@H](O)[C@H](O)[C@H]2O)[C@@H]2C(CO)=CC[C@]12O. The molecule has 11 heteroatoms. The van der Waals surface area contributed by atoms with Crippen molar-refractivity contribution < 1.29 is 54.4 Å². The van der Waals surface area contributed by atoms with Crippen LogP contribution in [0.15, 0.2) is 23.5 Å². The molecular formula is C17H24O11. The number of fused-ring (bicyclic) bond motifs is 1. The van der Waals surface area contributed by atoms with E-state index in [4.69, 9.17) is 14.2 Å². The highest BCUT2D eigenvalue weighted by Gasteiger charge is 2.57. The number of aliphatic hydroxyl groups is 6. The molecule has 0 spiro atoms. The van der Waals surface area contributed by atoms with E-state index in [1.54, 1.807) is 6.08 Å². The number of rotatable bonds is 5. The lowest BCUT2D eigenvalue weighted by molar-refractivity contribution is -0.343. The predicted octanol–water partition coefficient (Wildman–Crippen LogP) is -3.11. The highest BCUT2D eigenvalue weighted by molar-refractivity contribution is 5.91. The van der Waals surface area contributed by atoms with Gasteiger partial charge in [-0.1, -0.05) is 6.08 Å². The molecule has 0 unspecified atom stereocenters. The van der Waals surface area contributed by atoms with Crippen molar-refractivity contribution in [3.8, 4) is 0 Å². The maximum Gasteiger partial charge on any atom is 0.339 e. The Morgan fingerprint density at radius 2 is 1.93 bits per heavy atom. The average molecular weight is 404 g/mol. The summed E-state index contributed by atoms with van der Waals surface area (Å²) >= 11 is 0. The van der Waals surface area contributed by atoms with Crippen LogP contribution in [0.4, 0.5) is 0 Å². The first kappa shape index (κ1) is 21.1. The number of hydrogen-bond acceptors (Lipinski definition) is 11. The van der Waals surface area contributed by atoms with Crippen molar-refractivity contribution >= 4 is 5.97 Å². The molecular weight excluding hydrogens is 380 g/mol. The van der Waals surface area contributed by atoms with Gasteiger partial charge in [0.05, 0.1) is 32.5 Å². The minimum Gasteiger partial charge on any atom is -0.471 e. The number of hydrogen-bond donors (Lipinski definition) is 6. The maximum atomic E-state index is 12.0. The lowest BCUT2D eigenvalue weighted by Crippen LogP contribution is -2.61. The van der Waals surface area contributed by atoms with E-state index in [0.29, 0.717) is 5.57 Å². The zero-order valence-electron chi connectivity index (χ0n) is 15.0. The summed E-state index contributed by atoms with van der Waals surface area (Å²) in [6, 6.07) is 0. The van der Waals surface area contributed by atoms with Gasteiger partial charge in [-0.15, -0.1) is 0 Å². The first-order chi connectivity index (χ1) is 13.3. The molecule has 0 amide bonds. The van der Waals surface area contributed by atoms with Gasteiger partial charge in [-0.3, -0.25) is 0 Å². The van der Waals surface area contributed by atoms with Crippen LogP contribution in [0.2, 0.25) is 0 Å². The van der Waals surface area contributed by atoms with Crippen LogP contribution in [0.3, 0.4) is 0 Å². The normalized spacial score (nSPS) is 42.9. The maximum absolute atomic E-state index is 12.0. The smallest absolute Gasteiger partial charge is 0.339 e. The average Bonchev–Trinajstić information content (AvgIpc) is 3.05. The highest BCUT2D eigenvalue weighted by atomic mass is 16.8. The molecule has 0 aromatic heterocycles. The Kier molecular flexibility index (Phi) is 6.08. The van der Waals surface area contributed by atoms with Crippen LogP contribution >= 0.6 is 0 Å². The Morgan fingerprint density at radius 3 is 2.54 bits per heavy atom. The monoisotopic (exact) mass is 404 g/mol. The van der Waals surface area contributed by atoms with E-state index in [2.05, 4.69) is 4.74 Å². The second-order valence-electron chi connectivity index (χ2n) is 6.90. The van der Waals surface area contributed by atoms with E-state index >= 15 is 0 Å². The van der Waals surface area contributed by atoms with Crippen molar-refractivity contribution in [3.63, 3.8) is 0 Å². The van der Waals surface area contributed by atoms with Crippen molar-refractivity contribution in [2.75, 3.05) is 20.3 Å². The van der Waals surface area contributed by atoms with E-state index in [1.165, 1.54) is 0 Å². The molecule has 0 aromatic carbocycles. The van der Waals surface area contributed by atoms with Crippen LogP contribution in [0.1, 0.15) is 6.42 Å². The van der Waals surface area contributed by atoms with Crippen LogP contribution in [0.5, 0.6) is 0 Å². The van der Waals surface area contributed by atoms with Gasteiger partial charge >= 0.3 is 5.97 Å². The first-order valence-electron chi connectivity index (χ1n) is 8.71. The first-order valence-corrected chi connectivity index (χ1v) is 8.71. The van der Waals surface area contributed by atoms with Gasteiger partial charge in [0.25, 0.3) is 0 Å². The quantitative estimate of drug-likeness (QED) is 0.202. The fourth-order valence-corrected chi connectivity index (χ4v) is 3.76. The fourth-order valence-electron chi connectivity index (χ4n) is 3.76. The summed E-state index contributed by atoms with van der Waals surface area (Å²) in [6.45, 7) is -1.09. The second-order valence-corrected chi connectivity index (χ2v) is 6.90. The van der Waals surface area contributed by atoms with E-state index in [9.17, 15) is 35.4 Å². The van der Waals surface area contributed by atoms with Crippen molar-refractivity contribution in [3.05, 3.63) is 23.5 Å². The minimum atomic E-state index is -1.78. The van der Waals surface area contributed by atoms with Crippen LogP contribution < -0.4 is 0 Å². The van der Waals surface area contributed by atoms with Gasteiger partial charge < -0.3 is 49.6 Å². The van der Waals surface area contributed by atoms with Gasteiger partial charge in [-0.05, 0) is 12.0 Å². The fraction of sp³-hybridized carbons (Fsp3) is 0.706. The van der Waals surface area contributed by atoms with Crippen molar-refractivity contribution in [2.24, 2.45) is 5.92 Å². The molecule has 6 N–H and O–H groups in total. The third kappa shape index (κ3) is 3.33. The van der Waals surface area contributed by atoms with Gasteiger partial charge in [-0.25, -0.2) is 4.79 Å². The molecule has 0 bridgehead atoms. The Balaban J connectivity index is 1.86. The van der Waals surface area contributed by atoms with Crippen molar-refractivity contribution in [1.82, 2.24) is 0 Å². The van der Waals surface area contributed by atoms with Crippen molar-refractivity contribution in [1.29, 1.82) is 0 Å². The summed E-state index contributed by atoms with van der Waals surface area (Å²) in [5.41, 5.74) is -1.60. The lowest BCUT2D eigenvalue weighted by Gasteiger charge is -2.44. The van der Waals surface area contributed by atoms with Gasteiger partial charge in [0.15, 0.2) is 6.29 Å². The van der Waals surface area contributed by atoms with E-state index in [1.807, 2.05) is 0 Å². The van der Waals surface area contributed by atoms with E-state index in [0.717, 1.165) is 13.4 Å². The zero-order valence-corrected chi connectivity index (χ0v) is 15.0. The lowest BCUT2D eigenvalue weighted by atomic mass is 9.79. The Hall–Kier alpha value is -1.57. The molecule has 8 atom stereocenters. The number of carbonyl (C=O) groups excluding carboxylic acids is 1. The topological polar surface area (TPSA) is 175 Å². The molecule has 1 aliphatic carbocycles. The van der Waals surface area contributed by atoms with Crippen LogP contribution in [0, 0.1) is 5.92 Å². The van der Waals surface area contributed by atoms with Crippen LogP contribution in [-0.2, 0) is 23.7 Å². The molecule has 158 valence electrons. The Morgan fingerprint density at radius 1 is 1.21 bits per heavy atom. The summed E-state index contributed by atoms with van der Waals surface area (Å²) in [7, 11) is 1.15. The largest absolute Gasteiger partial charge is 0.471 e. The molecule has 2 aliphatic heterocycles. The summed E-state index contributed by atoms with van der Waals surface area (Å²) in [5, 5.41) is 59.9. The molecule has 0 saturated carbocycles. The van der Waals surface area contributed by atoms with E-state index in [-0.39, 0.29) is 12.0 Å². The van der Waals surface area contributed by atoms with Gasteiger partial charge in [0, 0.05) is 0 Å². The third-order valence-electron chi connectivity index (χ3n) is 5.35. The second kappa shape index (κ2) is 8.05. The molecule has 2 heterocycles. The molecule has 0 radical (unpaired) electrons. The predicted molar refractivity (Wildman–Crippen MR) is 88.0 cm³/mol. The minimum absolute atomic E-state index is 0.00754. The third-order valence-corrected chi connectivity index (χ3v) is 5.35. The van der Waals surface area contributed by atoms with Crippen molar-refractivity contribution in [2.45, 2.75) is 49.0 Å². The van der Waals surface area contributed by atoms with Crippen LogP contribution in [0.25, 0.3) is 0 Å². The summed E-state index contributed by atoms with van der Waals surface area (Å²) in [5.74, 6) is -1.84. The van der Waals surface area contributed by atoms with Gasteiger partial charge in [0.1, 0.15) is 35.6 Å². The summed E-state index contributed by atoms with van der Waals surface area (Å²) in [6.07, 6.45) is -6.39. The Labute approximate surface area is 160 Å². The summed E-state index contributed by atoms with van der Waals surface area (Å²) in [4.78, 5) is 12.0. The number of carbonyl (C=O) groups is 1. The molecule has 0 aromatic rings. The zero-order chi connectivity index (χ0) is 20.6.